The number of hydrogen-bond acceptors (Lipinski definition) is 4. The van der Waals surface area contributed by atoms with Crippen molar-refractivity contribution in [1.29, 1.82) is 0 Å². The Bertz CT molecular complexity index is 589. The minimum Gasteiger partial charge on any atom is -0.487 e. The van der Waals surface area contributed by atoms with E-state index in [1.54, 1.807) is 6.20 Å². The molecule has 0 bridgehead atoms. The Kier molecular flexibility index (Phi) is 4.79. The molecule has 20 heavy (non-hydrogen) atoms. The number of ether oxygens (including phenoxy) is 1. The molecule has 0 radical (unpaired) electrons. The summed E-state index contributed by atoms with van der Waals surface area (Å²) >= 11 is 1.29. The van der Waals surface area contributed by atoms with E-state index in [0.717, 1.165) is 29.8 Å². The van der Waals surface area contributed by atoms with E-state index in [9.17, 15) is 9.90 Å². The van der Waals surface area contributed by atoms with Crippen molar-refractivity contribution < 1.29 is 14.6 Å². The third kappa shape index (κ3) is 3.39. The summed E-state index contributed by atoms with van der Waals surface area (Å²) in [5.41, 5.74) is 0.937. The summed E-state index contributed by atoms with van der Waals surface area (Å²) in [5.74, 6) is -0.480. The quantitative estimate of drug-likeness (QED) is 0.851. The van der Waals surface area contributed by atoms with Gasteiger partial charge in [-0.15, -0.1) is 11.3 Å². The molecule has 0 unspecified atom stereocenters. The van der Waals surface area contributed by atoms with Crippen LogP contribution in [0.5, 0.6) is 5.75 Å². The van der Waals surface area contributed by atoms with Gasteiger partial charge < -0.3 is 9.84 Å². The van der Waals surface area contributed by atoms with E-state index in [4.69, 9.17) is 4.74 Å². The summed E-state index contributed by atoms with van der Waals surface area (Å²) in [6.45, 7) is 5.22. The van der Waals surface area contributed by atoms with Crippen LogP contribution in [0.15, 0.2) is 18.5 Å². The molecule has 0 aliphatic carbocycles. The van der Waals surface area contributed by atoms with Gasteiger partial charge in [-0.2, -0.15) is 5.10 Å². The second kappa shape index (κ2) is 6.56. The Morgan fingerprint density at radius 3 is 2.90 bits per heavy atom. The molecule has 5 nitrogen and oxygen atoms in total. The van der Waals surface area contributed by atoms with E-state index in [-0.39, 0.29) is 4.88 Å². The molecule has 2 rings (SSSR count). The summed E-state index contributed by atoms with van der Waals surface area (Å²) in [6.07, 6.45) is 5.51. The van der Waals surface area contributed by atoms with E-state index >= 15 is 0 Å². The van der Waals surface area contributed by atoms with Gasteiger partial charge in [-0.1, -0.05) is 13.3 Å². The van der Waals surface area contributed by atoms with Crippen LogP contribution in [0.3, 0.4) is 0 Å². The Hall–Kier alpha value is -1.82. The highest BCUT2D eigenvalue weighted by Crippen LogP contribution is 2.31. The monoisotopic (exact) mass is 294 g/mol. The summed E-state index contributed by atoms with van der Waals surface area (Å²) in [5, 5.41) is 13.4. The third-order valence-corrected chi connectivity index (χ3v) is 4.01. The maximum absolute atomic E-state index is 11.2. The predicted octanol–water partition coefficient (Wildman–Crippen LogP) is 3.19. The molecule has 0 fully saturated rings. The van der Waals surface area contributed by atoms with Crippen molar-refractivity contribution in [2.45, 2.75) is 39.8 Å². The van der Waals surface area contributed by atoms with E-state index in [0.29, 0.717) is 12.4 Å². The lowest BCUT2D eigenvalue weighted by atomic mass is 10.3. The predicted molar refractivity (Wildman–Crippen MR) is 77.5 cm³/mol. The SMILES string of the molecule is CCCc1cc(OCc2cnn(CC)c2)c(C(=O)O)s1. The Morgan fingerprint density at radius 1 is 1.50 bits per heavy atom. The van der Waals surface area contributed by atoms with Crippen LogP contribution in [-0.4, -0.2) is 20.9 Å². The molecule has 0 aliphatic heterocycles. The number of aromatic nitrogens is 2. The van der Waals surface area contributed by atoms with E-state index in [1.807, 2.05) is 23.9 Å². The fourth-order valence-electron chi connectivity index (χ4n) is 1.86. The van der Waals surface area contributed by atoms with Crippen LogP contribution in [-0.2, 0) is 19.6 Å². The number of aryl methyl sites for hydroxylation is 2. The van der Waals surface area contributed by atoms with Gasteiger partial charge >= 0.3 is 5.97 Å². The highest BCUT2D eigenvalue weighted by molar-refractivity contribution is 7.14. The Morgan fingerprint density at radius 2 is 2.30 bits per heavy atom. The topological polar surface area (TPSA) is 64.4 Å². The molecule has 2 aromatic rings. The van der Waals surface area contributed by atoms with Gasteiger partial charge in [0.1, 0.15) is 12.4 Å². The molecule has 0 atom stereocenters. The molecule has 108 valence electrons. The smallest absolute Gasteiger partial charge is 0.349 e. The molecular formula is C14H18N2O3S. The maximum atomic E-state index is 11.2. The minimum absolute atomic E-state index is 0.274. The summed E-state index contributed by atoms with van der Waals surface area (Å²) in [7, 11) is 0. The Balaban J connectivity index is 2.09. The normalized spacial score (nSPS) is 10.7. The fraction of sp³-hybridized carbons (Fsp3) is 0.429. The van der Waals surface area contributed by atoms with Crippen molar-refractivity contribution in [1.82, 2.24) is 9.78 Å². The highest BCUT2D eigenvalue weighted by Gasteiger charge is 2.16. The molecule has 0 aromatic carbocycles. The lowest BCUT2D eigenvalue weighted by Crippen LogP contribution is -1.99. The lowest BCUT2D eigenvalue weighted by Gasteiger charge is -2.03. The molecule has 6 heteroatoms. The van der Waals surface area contributed by atoms with E-state index < -0.39 is 5.97 Å². The molecule has 0 spiro atoms. The Labute approximate surface area is 121 Å². The standard InChI is InChI=1S/C14H18N2O3S/c1-3-5-11-6-12(13(20-11)14(17)18)19-9-10-7-15-16(4-2)8-10/h6-8H,3-5,9H2,1-2H3,(H,17,18). The highest BCUT2D eigenvalue weighted by atomic mass is 32.1. The number of carboxylic acid groups (broad SMARTS) is 1. The second-order valence-electron chi connectivity index (χ2n) is 4.45. The minimum atomic E-state index is -0.934. The first-order valence-electron chi connectivity index (χ1n) is 6.64. The van der Waals surface area contributed by atoms with Gasteiger partial charge in [0, 0.05) is 23.2 Å². The number of nitrogens with zero attached hydrogens (tertiary/aromatic N) is 2. The van der Waals surface area contributed by atoms with Gasteiger partial charge in [-0.25, -0.2) is 4.79 Å². The average molecular weight is 294 g/mol. The zero-order chi connectivity index (χ0) is 14.5. The number of carboxylic acids is 1. The molecule has 0 amide bonds. The molecule has 2 aromatic heterocycles. The molecule has 0 saturated heterocycles. The van der Waals surface area contributed by atoms with Crippen molar-refractivity contribution in [3.05, 3.63) is 33.8 Å². The first-order chi connectivity index (χ1) is 9.63. The van der Waals surface area contributed by atoms with Crippen LogP contribution < -0.4 is 4.74 Å². The summed E-state index contributed by atoms with van der Waals surface area (Å²) in [6, 6.07) is 1.84. The van der Waals surface area contributed by atoms with Gasteiger partial charge in [0.15, 0.2) is 4.88 Å². The van der Waals surface area contributed by atoms with E-state index in [1.165, 1.54) is 11.3 Å². The van der Waals surface area contributed by atoms with Crippen molar-refractivity contribution in [3.63, 3.8) is 0 Å². The maximum Gasteiger partial charge on any atom is 0.349 e. The van der Waals surface area contributed by atoms with Crippen LogP contribution in [0.2, 0.25) is 0 Å². The molecular weight excluding hydrogens is 276 g/mol. The number of aromatic carboxylic acids is 1. The van der Waals surface area contributed by atoms with Gasteiger partial charge in [-0.05, 0) is 19.4 Å². The van der Waals surface area contributed by atoms with Gasteiger partial charge in [-0.3, -0.25) is 4.68 Å². The summed E-state index contributed by atoms with van der Waals surface area (Å²) in [4.78, 5) is 12.5. The number of rotatable bonds is 7. The number of thiophene rings is 1. The second-order valence-corrected chi connectivity index (χ2v) is 5.59. The van der Waals surface area contributed by atoms with Gasteiger partial charge in [0.05, 0.1) is 6.20 Å². The van der Waals surface area contributed by atoms with Crippen molar-refractivity contribution in [2.75, 3.05) is 0 Å². The largest absolute Gasteiger partial charge is 0.487 e. The first-order valence-corrected chi connectivity index (χ1v) is 7.45. The van der Waals surface area contributed by atoms with Gasteiger partial charge in [0.2, 0.25) is 0 Å². The van der Waals surface area contributed by atoms with Crippen molar-refractivity contribution >= 4 is 17.3 Å². The van der Waals surface area contributed by atoms with Crippen molar-refractivity contribution in [2.24, 2.45) is 0 Å². The molecule has 2 heterocycles. The zero-order valence-electron chi connectivity index (χ0n) is 11.6. The first kappa shape index (κ1) is 14.6. The molecule has 1 N–H and O–H groups in total. The van der Waals surface area contributed by atoms with Crippen LogP contribution >= 0.6 is 11.3 Å². The van der Waals surface area contributed by atoms with Crippen LogP contribution in [0.25, 0.3) is 0 Å². The van der Waals surface area contributed by atoms with Crippen LogP contribution in [0.4, 0.5) is 0 Å². The van der Waals surface area contributed by atoms with Crippen LogP contribution in [0.1, 0.15) is 40.4 Å². The third-order valence-electron chi connectivity index (χ3n) is 2.84. The van der Waals surface area contributed by atoms with Gasteiger partial charge in [0.25, 0.3) is 0 Å². The lowest BCUT2D eigenvalue weighted by molar-refractivity contribution is 0.0697. The van der Waals surface area contributed by atoms with Crippen molar-refractivity contribution in [3.8, 4) is 5.75 Å². The van der Waals surface area contributed by atoms with Crippen LogP contribution in [0, 0.1) is 0 Å². The average Bonchev–Trinajstić information content (AvgIpc) is 3.03. The number of carbonyl (C=O) groups is 1. The zero-order valence-corrected chi connectivity index (χ0v) is 12.4. The summed E-state index contributed by atoms with van der Waals surface area (Å²) < 4.78 is 7.46. The number of hydrogen-bond donors (Lipinski definition) is 1. The fourth-order valence-corrected chi connectivity index (χ4v) is 2.90. The molecule has 0 saturated carbocycles. The van der Waals surface area contributed by atoms with E-state index in [2.05, 4.69) is 12.0 Å². The molecule has 0 aliphatic rings.